The molecular formula is C15H17N3O4S. The highest BCUT2D eigenvalue weighted by Gasteiger charge is 2.18. The number of aliphatic carboxylic acids is 1. The van der Waals surface area contributed by atoms with E-state index in [4.69, 9.17) is 9.84 Å². The van der Waals surface area contributed by atoms with E-state index >= 15 is 0 Å². The van der Waals surface area contributed by atoms with E-state index in [1.165, 1.54) is 23.3 Å². The number of methoxy groups -OCH3 is 1. The van der Waals surface area contributed by atoms with Crippen LogP contribution in [0.15, 0.2) is 29.9 Å². The molecule has 0 aliphatic heterocycles. The van der Waals surface area contributed by atoms with Crippen molar-refractivity contribution >= 4 is 23.2 Å². The average Bonchev–Trinajstić information content (AvgIpc) is 3.00. The van der Waals surface area contributed by atoms with Crippen molar-refractivity contribution in [2.24, 2.45) is 0 Å². The van der Waals surface area contributed by atoms with Gasteiger partial charge in [-0.05, 0) is 12.1 Å². The van der Waals surface area contributed by atoms with Crippen LogP contribution in [0, 0.1) is 0 Å². The zero-order chi connectivity index (χ0) is 16.7. The van der Waals surface area contributed by atoms with Gasteiger partial charge in [-0.25, -0.2) is 4.98 Å². The van der Waals surface area contributed by atoms with Crippen molar-refractivity contribution in [2.45, 2.75) is 6.42 Å². The molecule has 0 spiro atoms. The van der Waals surface area contributed by atoms with Gasteiger partial charge in [0, 0.05) is 37.0 Å². The van der Waals surface area contributed by atoms with Gasteiger partial charge in [0.2, 0.25) is 5.91 Å². The van der Waals surface area contributed by atoms with Crippen LogP contribution in [0.2, 0.25) is 0 Å². The van der Waals surface area contributed by atoms with Gasteiger partial charge in [0.15, 0.2) is 0 Å². The molecule has 2 rings (SSSR count). The van der Waals surface area contributed by atoms with Crippen LogP contribution in [0.4, 0.5) is 0 Å². The Morgan fingerprint density at radius 3 is 2.91 bits per heavy atom. The van der Waals surface area contributed by atoms with Crippen molar-refractivity contribution in [1.29, 1.82) is 0 Å². The van der Waals surface area contributed by atoms with Crippen molar-refractivity contribution in [3.8, 4) is 10.6 Å². The van der Waals surface area contributed by atoms with Crippen LogP contribution in [-0.4, -0.2) is 58.7 Å². The summed E-state index contributed by atoms with van der Waals surface area (Å²) < 4.78 is 4.91. The number of carboxylic acids is 1. The molecule has 2 heterocycles. The lowest BCUT2D eigenvalue weighted by Crippen LogP contribution is -2.38. The summed E-state index contributed by atoms with van der Waals surface area (Å²) in [7, 11) is 1.50. The molecule has 122 valence electrons. The predicted octanol–water partition coefficient (Wildman–Crippen LogP) is 1.31. The van der Waals surface area contributed by atoms with Gasteiger partial charge in [0.1, 0.15) is 11.6 Å². The van der Waals surface area contributed by atoms with Gasteiger partial charge in [-0.1, -0.05) is 0 Å². The van der Waals surface area contributed by atoms with Gasteiger partial charge < -0.3 is 14.7 Å². The van der Waals surface area contributed by atoms with Gasteiger partial charge in [-0.15, -0.1) is 11.3 Å². The SMILES string of the molecule is COCCN(CC(=O)O)C(=O)Cc1csc(-c2cccnc2)n1. The summed E-state index contributed by atoms with van der Waals surface area (Å²) in [5, 5.41) is 11.5. The first-order valence-corrected chi connectivity index (χ1v) is 7.81. The number of ether oxygens (including phenoxy) is 1. The average molecular weight is 335 g/mol. The Labute approximate surface area is 137 Å². The van der Waals surface area contributed by atoms with Crippen molar-refractivity contribution < 1.29 is 19.4 Å². The summed E-state index contributed by atoms with van der Waals surface area (Å²) in [6, 6.07) is 3.72. The highest BCUT2D eigenvalue weighted by atomic mass is 32.1. The first-order valence-electron chi connectivity index (χ1n) is 6.93. The third-order valence-corrected chi connectivity index (χ3v) is 3.98. The molecule has 1 N–H and O–H groups in total. The van der Waals surface area contributed by atoms with Crippen LogP contribution < -0.4 is 0 Å². The maximum atomic E-state index is 12.3. The van der Waals surface area contributed by atoms with Gasteiger partial charge in [-0.3, -0.25) is 14.6 Å². The standard InChI is InChI=1S/C15H17N3O4S/c1-22-6-5-18(9-14(20)21)13(19)7-12-10-23-15(17-12)11-3-2-4-16-8-11/h2-4,8,10H,5-7,9H2,1H3,(H,20,21). The number of amides is 1. The Hall–Kier alpha value is -2.32. The van der Waals surface area contributed by atoms with Gasteiger partial charge in [0.05, 0.1) is 18.7 Å². The molecule has 7 nitrogen and oxygen atoms in total. The quantitative estimate of drug-likeness (QED) is 0.782. The minimum Gasteiger partial charge on any atom is -0.480 e. The third kappa shape index (κ3) is 5.11. The van der Waals surface area contributed by atoms with Crippen LogP contribution in [0.3, 0.4) is 0 Å². The normalized spacial score (nSPS) is 10.5. The first-order chi connectivity index (χ1) is 11.1. The van der Waals surface area contributed by atoms with Crippen LogP contribution in [0.25, 0.3) is 10.6 Å². The Morgan fingerprint density at radius 1 is 1.43 bits per heavy atom. The van der Waals surface area contributed by atoms with Crippen LogP contribution in [-0.2, 0) is 20.7 Å². The summed E-state index contributed by atoms with van der Waals surface area (Å²) >= 11 is 1.43. The number of carbonyl (C=O) groups is 2. The van der Waals surface area contributed by atoms with E-state index in [2.05, 4.69) is 9.97 Å². The van der Waals surface area contributed by atoms with E-state index in [1.807, 2.05) is 12.1 Å². The molecule has 0 saturated heterocycles. The largest absolute Gasteiger partial charge is 0.480 e. The summed E-state index contributed by atoms with van der Waals surface area (Å²) in [6.07, 6.45) is 3.45. The molecule has 2 aromatic heterocycles. The van der Waals surface area contributed by atoms with Crippen molar-refractivity contribution in [2.75, 3.05) is 26.8 Å². The monoisotopic (exact) mass is 335 g/mol. The zero-order valence-corrected chi connectivity index (χ0v) is 13.5. The number of hydrogen-bond acceptors (Lipinski definition) is 6. The first kappa shape index (κ1) is 17.0. The second kappa shape index (κ2) is 8.35. The molecule has 0 atom stereocenters. The van der Waals surface area contributed by atoms with E-state index in [1.54, 1.807) is 17.8 Å². The van der Waals surface area contributed by atoms with Crippen molar-refractivity contribution in [3.63, 3.8) is 0 Å². The van der Waals surface area contributed by atoms with E-state index in [0.29, 0.717) is 5.69 Å². The zero-order valence-electron chi connectivity index (χ0n) is 12.6. The molecule has 2 aromatic rings. The van der Waals surface area contributed by atoms with E-state index < -0.39 is 5.97 Å². The molecular weight excluding hydrogens is 318 g/mol. The molecule has 0 fully saturated rings. The molecule has 8 heteroatoms. The Kier molecular flexibility index (Phi) is 6.19. The van der Waals surface area contributed by atoms with Crippen molar-refractivity contribution in [3.05, 3.63) is 35.6 Å². The molecule has 0 aromatic carbocycles. The van der Waals surface area contributed by atoms with Crippen molar-refractivity contribution in [1.82, 2.24) is 14.9 Å². The third-order valence-electron chi connectivity index (χ3n) is 3.04. The Morgan fingerprint density at radius 2 is 2.26 bits per heavy atom. The van der Waals surface area contributed by atoms with E-state index in [9.17, 15) is 9.59 Å². The fourth-order valence-corrected chi connectivity index (χ4v) is 2.74. The lowest BCUT2D eigenvalue weighted by Gasteiger charge is -2.19. The van der Waals surface area contributed by atoms with Crippen LogP contribution in [0.5, 0.6) is 0 Å². The number of pyridine rings is 1. The second-order valence-electron chi connectivity index (χ2n) is 4.76. The number of nitrogens with zero attached hydrogens (tertiary/aromatic N) is 3. The minimum atomic E-state index is -1.05. The van der Waals surface area contributed by atoms with Crippen LogP contribution in [0.1, 0.15) is 5.69 Å². The molecule has 23 heavy (non-hydrogen) atoms. The summed E-state index contributed by atoms with van der Waals surface area (Å²) in [5.74, 6) is -1.34. The van der Waals surface area contributed by atoms with Gasteiger partial charge >= 0.3 is 5.97 Å². The number of rotatable bonds is 8. The predicted molar refractivity (Wildman–Crippen MR) is 85.1 cm³/mol. The number of hydrogen-bond donors (Lipinski definition) is 1. The number of aromatic nitrogens is 2. The maximum Gasteiger partial charge on any atom is 0.323 e. The second-order valence-corrected chi connectivity index (χ2v) is 5.62. The summed E-state index contributed by atoms with van der Waals surface area (Å²) in [6.45, 7) is 0.181. The molecule has 0 aliphatic rings. The minimum absolute atomic E-state index is 0.0633. The fraction of sp³-hybridized carbons (Fsp3) is 0.333. The molecule has 1 amide bonds. The summed E-state index contributed by atoms with van der Waals surface area (Å²) in [5.41, 5.74) is 1.50. The van der Waals surface area contributed by atoms with Gasteiger partial charge in [0.25, 0.3) is 0 Å². The number of thiazole rings is 1. The number of carboxylic acid groups (broad SMARTS) is 1. The highest BCUT2D eigenvalue weighted by molar-refractivity contribution is 7.13. The molecule has 0 radical (unpaired) electrons. The smallest absolute Gasteiger partial charge is 0.323 e. The van der Waals surface area contributed by atoms with Crippen LogP contribution >= 0.6 is 11.3 Å². The Balaban J connectivity index is 2.03. The van der Waals surface area contributed by atoms with E-state index in [0.717, 1.165) is 10.6 Å². The lowest BCUT2D eigenvalue weighted by molar-refractivity contribution is -0.144. The molecule has 0 unspecified atom stereocenters. The topological polar surface area (TPSA) is 92.6 Å². The molecule has 0 aliphatic carbocycles. The fourth-order valence-electron chi connectivity index (χ4n) is 1.93. The Bertz CT molecular complexity index is 660. The maximum absolute atomic E-state index is 12.3. The molecule has 0 bridgehead atoms. The van der Waals surface area contributed by atoms with E-state index in [-0.39, 0.29) is 32.0 Å². The highest BCUT2D eigenvalue weighted by Crippen LogP contribution is 2.22. The number of carbonyl (C=O) groups excluding carboxylic acids is 1. The van der Waals surface area contributed by atoms with Gasteiger partial charge in [-0.2, -0.15) is 0 Å². The summed E-state index contributed by atoms with van der Waals surface area (Å²) in [4.78, 5) is 32.8. The lowest BCUT2D eigenvalue weighted by atomic mass is 10.2. The molecule has 0 saturated carbocycles.